The number of hydrogen-bond acceptors (Lipinski definition) is 8. The Kier molecular flexibility index (Phi) is 16.4. The minimum atomic E-state index is -1.23. The lowest BCUT2D eigenvalue weighted by Crippen LogP contribution is -2.59. The molecule has 6 N–H and O–H groups in total. The molecule has 5 amide bonds. The molecule has 0 radical (unpaired) electrons. The molecule has 3 atom stereocenters. The number of rotatable bonds is 17. The predicted molar refractivity (Wildman–Crippen MR) is 166 cm³/mol. The smallest absolute Gasteiger partial charge is 0.408 e. The number of carbonyl (C=O) groups is 6. The van der Waals surface area contributed by atoms with Gasteiger partial charge >= 0.3 is 18.2 Å². The molecule has 14 nitrogen and oxygen atoms in total. The first-order chi connectivity index (χ1) is 21.0. The third kappa shape index (κ3) is 16.3. The first-order valence-corrected chi connectivity index (χ1v) is 15.0. The lowest BCUT2D eigenvalue weighted by atomic mass is 9.99. The van der Waals surface area contributed by atoms with Gasteiger partial charge in [0.2, 0.25) is 17.7 Å². The maximum atomic E-state index is 13.4. The Bertz CT molecular complexity index is 1140. The maximum absolute atomic E-state index is 13.4. The van der Waals surface area contributed by atoms with Gasteiger partial charge in [0.1, 0.15) is 36.9 Å². The number of aliphatic carboxylic acids is 1. The molecule has 1 rings (SSSR count). The highest BCUT2D eigenvalue weighted by Gasteiger charge is 2.33. The number of hydrogen-bond donors (Lipinski definition) is 6. The fraction of sp³-hybridized carbons (Fsp3) is 0.613. The number of nitrogens with one attached hydrogen (secondary N) is 5. The van der Waals surface area contributed by atoms with E-state index in [0.29, 0.717) is 12.8 Å². The van der Waals surface area contributed by atoms with Crippen LogP contribution in [0.4, 0.5) is 9.59 Å². The molecule has 14 heteroatoms. The van der Waals surface area contributed by atoms with Crippen molar-refractivity contribution in [2.24, 2.45) is 11.8 Å². The molecule has 0 saturated heterocycles. The second-order valence-corrected chi connectivity index (χ2v) is 12.3. The Morgan fingerprint density at radius 2 is 1.33 bits per heavy atom. The molecule has 1 aromatic carbocycles. The molecular formula is C31H49N5O9. The van der Waals surface area contributed by atoms with Crippen molar-refractivity contribution in [3.63, 3.8) is 0 Å². The number of carbonyl (C=O) groups excluding carboxylic acids is 5. The van der Waals surface area contributed by atoms with Gasteiger partial charge in [0.25, 0.3) is 0 Å². The summed E-state index contributed by atoms with van der Waals surface area (Å²) >= 11 is 0. The molecule has 0 bridgehead atoms. The van der Waals surface area contributed by atoms with E-state index in [1.807, 2.05) is 30.3 Å². The van der Waals surface area contributed by atoms with Crippen LogP contribution in [0.25, 0.3) is 0 Å². The molecule has 0 aliphatic heterocycles. The summed E-state index contributed by atoms with van der Waals surface area (Å²) in [6.07, 6.45) is -0.335. The highest BCUT2D eigenvalue weighted by atomic mass is 16.6. The Labute approximate surface area is 264 Å². The largest absolute Gasteiger partial charge is 0.480 e. The average Bonchev–Trinajstić information content (AvgIpc) is 2.94. The van der Waals surface area contributed by atoms with Crippen molar-refractivity contribution < 1.29 is 43.3 Å². The lowest BCUT2D eigenvalue weighted by Gasteiger charge is -2.29. The Morgan fingerprint density at radius 1 is 0.756 bits per heavy atom. The molecule has 0 fully saturated rings. The minimum Gasteiger partial charge on any atom is -0.480 e. The van der Waals surface area contributed by atoms with Crippen LogP contribution in [0, 0.1) is 11.8 Å². The van der Waals surface area contributed by atoms with Gasteiger partial charge in [-0.1, -0.05) is 58.0 Å². The van der Waals surface area contributed by atoms with Gasteiger partial charge < -0.3 is 41.2 Å². The van der Waals surface area contributed by atoms with Crippen LogP contribution in [0.2, 0.25) is 0 Å². The van der Waals surface area contributed by atoms with Crippen LogP contribution in [0.1, 0.15) is 73.3 Å². The van der Waals surface area contributed by atoms with Crippen molar-refractivity contribution in [1.29, 1.82) is 0 Å². The molecule has 0 aromatic heterocycles. The van der Waals surface area contributed by atoms with Crippen molar-refractivity contribution in [2.75, 3.05) is 13.1 Å². The van der Waals surface area contributed by atoms with Gasteiger partial charge in [-0.05, 0) is 57.4 Å². The summed E-state index contributed by atoms with van der Waals surface area (Å²) in [6, 6.07) is 6.04. The molecule has 0 saturated carbocycles. The normalized spacial score (nSPS) is 13.2. The van der Waals surface area contributed by atoms with E-state index < -0.39 is 72.1 Å². The molecule has 252 valence electrons. The van der Waals surface area contributed by atoms with Crippen molar-refractivity contribution in [2.45, 2.75) is 98.1 Å². The average molecular weight is 636 g/mol. The molecule has 45 heavy (non-hydrogen) atoms. The van der Waals surface area contributed by atoms with Crippen LogP contribution >= 0.6 is 0 Å². The molecule has 0 heterocycles. The van der Waals surface area contributed by atoms with E-state index in [0.717, 1.165) is 5.56 Å². The zero-order valence-electron chi connectivity index (χ0n) is 27.2. The van der Waals surface area contributed by atoms with Crippen LogP contribution in [0.3, 0.4) is 0 Å². The maximum Gasteiger partial charge on any atom is 0.408 e. The Morgan fingerprint density at radius 3 is 1.89 bits per heavy atom. The summed E-state index contributed by atoms with van der Waals surface area (Å²) in [6.45, 7) is 11.6. The summed E-state index contributed by atoms with van der Waals surface area (Å²) in [5.74, 6) is -3.96. The zero-order valence-corrected chi connectivity index (χ0v) is 27.2. The van der Waals surface area contributed by atoms with Gasteiger partial charge in [-0.15, -0.1) is 0 Å². The minimum absolute atomic E-state index is 0.129. The van der Waals surface area contributed by atoms with E-state index in [2.05, 4.69) is 26.6 Å². The second kappa shape index (κ2) is 19.1. The van der Waals surface area contributed by atoms with Crippen molar-refractivity contribution in [3.8, 4) is 0 Å². The van der Waals surface area contributed by atoms with E-state index in [4.69, 9.17) is 14.6 Å². The van der Waals surface area contributed by atoms with Gasteiger partial charge in [-0.25, -0.2) is 9.59 Å². The van der Waals surface area contributed by atoms with Crippen molar-refractivity contribution in [3.05, 3.63) is 35.9 Å². The molecule has 0 aliphatic carbocycles. The number of carboxylic acids is 1. The second-order valence-electron chi connectivity index (χ2n) is 12.3. The van der Waals surface area contributed by atoms with E-state index in [-0.39, 0.29) is 25.5 Å². The Balaban J connectivity index is 2.84. The van der Waals surface area contributed by atoms with Gasteiger partial charge in [-0.3, -0.25) is 19.2 Å². The third-order valence-electron chi connectivity index (χ3n) is 6.32. The first kappa shape index (κ1) is 38.7. The number of alkyl carbamates (subject to hydrolysis) is 2. The van der Waals surface area contributed by atoms with E-state index in [1.54, 1.807) is 48.5 Å². The molecule has 0 unspecified atom stereocenters. The fourth-order valence-electron chi connectivity index (χ4n) is 4.00. The number of carboxylic acid groups (broad SMARTS) is 1. The van der Waals surface area contributed by atoms with E-state index in [1.165, 1.54) is 0 Å². The summed E-state index contributed by atoms with van der Waals surface area (Å²) in [4.78, 5) is 74.6. The van der Waals surface area contributed by atoms with Gasteiger partial charge in [0, 0.05) is 6.54 Å². The summed E-state index contributed by atoms with van der Waals surface area (Å²) < 4.78 is 10.5. The van der Waals surface area contributed by atoms with Crippen molar-refractivity contribution in [1.82, 2.24) is 26.6 Å². The third-order valence-corrected chi connectivity index (χ3v) is 6.32. The van der Waals surface area contributed by atoms with Crippen LogP contribution < -0.4 is 26.6 Å². The fourth-order valence-corrected chi connectivity index (χ4v) is 4.00. The van der Waals surface area contributed by atoms with E-state index in [9.17, 15) is 28.8 Å². The number of amides is 5. The highest BCUT2D eigenvalue weighted by molar-refractivity contribution is 5.94. The number of unbranched alkanes of at least 4 members (excludes halogenated alkanes) is 1. The standard InChI is InChI=1S/C31H49N5O9/c1-19(2)24(27(40)33-17-23(37)38)36-28(41)25(20(3)4)35-26(39)22(34-30(43)45-31(5,6)7)15-11-12-16-32-29(42)44-18-21-13-9-8-10-14-21/h8-10,13-14,19-20,22,24-25H,11-12,15-18H2,1-7H3,(H,32,42)(H,33,40)(H,34,43)(H,35,39)(H,36,41)(H,37,38)/t22-,24+,25+/m1/s1. The van der Waals surface area contributed by atoms with Gasteiger partial charge in [0.15, 0.2) is 0 Å². The molecule has 1 aromatic rings. The molecule has 0 aliphatic rings. The van der Waals surface area contributed by atoms with Crippen LogP contribution in [0.5, 0.6) is 0 Å². The quantitative estimate of drug-likeness (QED) is 0.139. The van der Waals surface area contributed by atoms with Crippen LogP contribution in [-0.4, -0.2) is 77.8 Å². The van der Waals surface area contributed by atoms with Crippen LogP contribution in [0.15, 0.2) is 30.3 Å². The summed E-state index contributed by atoms with van der Waals surface area (Å²) in [7, 11) is 0. The monoisotopic (exact) mass is 635 g/mol. The first-order valence-electron chi connectivity index (χ1n) is 15.0. The number of ether oxygens (including phenoxy) is 2. The number of benzene rings is 1. The van der Waals surface area contributed by atoms with Gasteiger partial charge in [0.05, 0.1) is 0 Å². The molecular weight excluding hydrogens is 586 g/mol. The van der Waals surface area contributed by atoms with Crippen LogP contribution in [-0.2, 0) is 35.3 Å². The summed E-state index contributed by atoms with van der Waals surface area (Å²) in [5, 5.41) is 21.6. The summed E-state index contributed by atoms with van der Waals surface area (Å²) in [5.41, 5.74) is 0.0343. The molecule has 0 spiro atoms. The zero-order chi connectivity index (χ0) is 34.2. The SMILES string of the molecule is CC(C)[C@H](NC(=O)[C@@H](NC(=O)[C@@H](CCCCNC(=O)OCc1ccccc1)NC(=O)OC(C)(C)C)C(C)C)C(=O)NCC(=O)O. The van der Waals surface area contributed by atoms with Gasteiger partial charge in [-0.2, -0.15) is 0 Å². The predicted octanol–water partition coefficient (Wildman–Crippen LogP) is 2.46. The topological polar surface area (TPSA) is 201 Å². The van der Waals surface area contributed by atoms with Crippen molar-refractivity contribution >= 4 is 35.9 Å². The highest BCUT2D eigenvalue weighted by Crippen LogP contribution is 2.11. The lowest BCUT2D eigenvalue weighted by molar-refractivity contribution is -0.139. The van der Waals surface area contributed by atoms with E-state index >= 15 is 0 Å². The Hall–Kier alpha value is -4.36.